The number of benzene rings is 1. The van der Waals surface area contributed by atoms with Gasteiger partial charge in [-0.1, -0.05) is 35.0 Å². The first kappa shape index (κ1) is 14.6. The van der Waals surface area contributed by atoms with Crippen molar-refractivity contribution in [3.8, 4) is 0 Å². The lowest BCUT2D eigenvalue weighted by molar-refractivity contribution is 0.198. The van der Waals surface area contributed by atoms with Gasteiger partial charge >= 0.3 is 0 Å². The van der Waals surface area contributed by atoms with Crippen molar-refractivity contribution in [2.24, 2.45) is 5.73 Å². The van der Waals surface area contributed by atoms with Crippen LogP contribution in [-0.4, -0.2) is 36.2 Å². The number of hydrogen-bond donors (Lipinski definition) is 2. The molecule has 0 spiro atoms. The van der Waals surface area contributed by atoms with Gasteiger partial charge in [0.05, 0.1) is 6.61 Å². The van der Waals surface area contributed by atoms with Crippen LogP contribution in [0.2, 0.25) is 0 Å². The van der Waals surface area contributed by atoms with Crippen molar-refractivity contribution in [3.63, 3.8) is 0 Å². The summed E-state index contributed by atoms with van der Waals surface area (Å²) in [6, 6.07) is 8.20. The van der Waals surface area contributed by atoms with Crippen LogP contribution in [0.1, 0.15) is 24.9 Å². The minimum absolute atomic E-state index is 0.0656. The van der Waals surface area contributed by atoms with Gasteiger partial charge in [0.15, 0.2) is 0 Å². The molecule has 0 heterocycles. The van der Waals surface area contributed by atoms with Gasteiger partial charge in [0.1, 0.15) is 0 Å². The van der Waals surface area contributed by atoms with E-state index in [0.29, 0.717) is 0 Å². The van der Waals surface area contributed by atoms with Crippen molar-refractivity contribution >= 4 is 15.9 Å². The van der Waals surface area contributed by atoms with E-state index in [0.717, 1.165) is 36.1 Å². The first-order chi connectivity index (χ1) is 8.17. The Morgan fingerprint density at radius 2 is 1.94 bits per heavy atom. The standard InChI is InChI=1S/C13H21BrN2O/c1-2-16(9-10-17)8-7-13(15)11-3-5-12(14)6-4-11/h3-6,13,17H,2,7-10,15H2,1H3. The molecule has 0 aromatic heterocycles. The van der Waals surface area contributed by atoms with Gasteiger partial charge < -0.3 is 15.7 Å². The van der Waals surface area contributed by atoms with Gasteiger partial charge in [-0.15, -0.1) is 0 Å². The largest absolute Gasteiger partial charge is 0.395 e. The number of nitrogens with two attached hydrogens (primary N) is 1. The highest BCUT2D eigenvalue weighted by Gasteiger charge is 2.08. The molecule has 3 N–H and O–H groups in total. The number of aliphatic hydroxyl groups is 1. The predicted molar refractivity (Wildman–Crippen MR) is 74.9 cm³/mol. The van der Waals surface area contributed by atoms with Gasteiger partial charge in [-0.3, -0.25) is 0 Å². The molecule has 17 heavy (non-hydrogen) atoms. The van der Waals surface area contributed by atoms with Gasteiger partial charge in [0, 0.05) is 23.6 Å². The van der Waals surface area contributed by atoms with Crippen LogP contribution in [0, 0.1) is 0 Å². The van der Waals surface area contributed by atoms with E-state index >= 15 is 0 Å². The van der Waals surface area contributed by atoms with Crippen LogP contribution in [0.4, 0.5) is 0 Å². The lowest BCUT2D eigenvalue weighted by Gasteiger charge is -2.21. The van der Waals surface area contributed by atoms with Crippen LogP contribution in [0.3, 0.4) is 0 Å². The van der Waals surface area contributed by atoms with Gasteiger partial charge in [0.2, 0.25) is 0 Å². The summed E-state index contributed by atoms with van der Waals surface area (Å²) in [6.07, 6.45) is 0.912. The van der Waals surface area contributed by atoms with Crippen LogP contribution >= 0.6 is 15.9 Å². The smallest absolute Gasteiger partial charge is 0.0558 e. The molecule has 4 heteroatoms. The Labute approximate surface area is 112 Å². The first-order valence-electron chi connectivity index (χ1n) is 6.01. The average molecular weight is 301 g/mol. The summed E-state index contributed by atoms with van der Waals surface area (Å²) < 4.78 is 1.07. The van der Waals surface area contributed by atoms with E-state index in [1.807, 2.05) is 12.1 Å². The molecule has 3 nitrogen and oxygen atoms in total. The molecule has 0 bridgehead atoms. The predicted octanol–water partition coefficient (Wildman–Crippen LogP) is 2.15. The van der Waals surface area contributed by atoms with Crippen molar-refractivity contribution in [2.75, 3.05) is 26.2 Å². The van der Waals surface area contributed by atoms with E-state index in [2.05, 4.69) is 39.9 Å². The highest BCUT2D eigenvalue weighted by molar-refractivity contribution is 9.10. The van der Waals surface area contributed by atoms with Gasteiger partial charge in [0.25, 0.3) is 0 Å². The first-order valence-corrected chi connectivity index (χ1v) is 6.81. The lowest BCUT2D eigenvalue weighted by atomic mass is 10.0. The van der Waals surface area contributed by atoms with Crippen molar-refractivity contribution in [1.29, 1.82) is 0 Å². The van der Waals surface area contributed by atoms with Crippen LogP contribution in [-0.2, 0) is 0 Å². The Morgan fingerprint density at radius 3 is 2.47 bits per heavy atom. The number of aliphatic hydroxyl groups excluding tert-OH is 1. The minimum Gasteiger partial charge on any atom is -0.395 e. The Bertz CT molecular complexity index is 316. The number of rotatable bonds is 7. The fourth-order valence-corrected chi connectivity index (χ4v) is 2.03. The maximum absolute atomic E-state index is 8.90. The maximum Gasteiger partial charge on any atom is 0.0558 e. The number of nitrogens with zero attached hydrogens (tertiary/aromatic N) is 1. The van der Waals surface area contributed by atoms with Gasteiger partial charge in [-0.25, -0.2) is 0 Å². The molecule has 1 atom stereocenters. The summed E-state index contributed by atoms with van der Waals surface area (Å²) in [5.41, 5.74) is 7.30. The molecule has 0 saturated heterocycles. The second-order valence-corrected chi connectivity index (χ2v) is 5.02. The van der Waals surface area contributed by atoms with Crippen molar-refractivity contribution in [1.82, 2.24) is 4.90 Å². The Morgan fingerprint density at radius 1 is 1.29 bits per heavy atom. The van der Waals surface area contributed by atoms with Crippen molar-refractivity contribution < 1.29 is 5.11 Å². The summed E-state index contributed by atoms with van der Waals surface area (Å²) in [6.45, 7) is 4.91. The quantitative estimate of drug-likeness (QED) is 0.811. The molecule has 0 radical (unpaired) electrons. The fourth-order valence-electron chi connectivity index (χ4n) is 1.77. The molecule has 1 aromatic carbocycles. The molecule has 0 aliphatic heterocycles. The van der Waals surface area contributed by atoms with Crippen molar-refractivity contribution in [2.45, 2.75) is 19.4 Å². The zero-order chi connectivity index (χ0) is 12.7. The van der Waals surface area contributed by atoms with Crippen LogP contribution < -0.4 is 5.73 Å². The van der Waals surface area contributed by atoms with Crippen LogP contribution in [0.15, 0.2) is 28.7 Å². The average Bonchev–Trinajstić information content (AvgIpc) is 2.35. The van der Waals surface area contributed by atoms with E-state index < -0.39 is 0 Å². The molecule has 0 amide bonds. The third-order valence-electron chi connectivity index (χ3n) is 2.92. The van der Waals surface area contributed by atoms with Crippen molar-refractivity contribution in [3.05, 3.63) is 34.3 Å². The SMILES string of the molecule is CCN(CCO)CCC(N)c1ccc(Br)cc1. The molecule has 96 valence electrons. The highest BCUT2D eigenvalue weighted by atomic mass is 79.9. The molecule has 1 unspecified atom stereocenters. The summed E-state index contributed by atoms with van der Waals surface area (Å²) >= 11 is 3.41. The molecule has 0 aliphatic carbocycles. The minimum atomic E-state index is 0.0656. The zero-order valence-electron chi connectivity index (χ0n) is 10.3. The van der Waals surface area contributed by atoms with Gasteiger partial charge in [-0.05, 0) is 30.7 Å². The van der Waals surface area contributed by atoms with E-state index in [1.165, 1.54) is 0 Å². The van der Waals surface area contributed by atoms with E-state index in [9.17, 15) is 0 Å². The second-order valence-electron chi connectivity index (χ2n) is 4.10. The summed E-state index contributed by atoms with van der Waals surface area (Å²) in [7, 11) is 0. The van der Waals surface area contributed by atoms with E-state index in [-0.39, 0.29) is 12.6 Å². The van der Waals surface area contributed by atoms with E-state index in [1.54, 1.807) is 0 Å². The molecular formula is C13H21BrN2O. The normalized spacial score (nSPS) is 13.0. The lowest BCUT2D eigenvalue weighted by Crippen LogP contribution is -2.29. The molecule has 0 aliphatic rings. The molecule has 0 fully saturated rings. The summed E-state index contributed by atoms with van der Waals surface area (Å²) in [5, 5.41) is 8.90. The Kier molecular flexibility index (Phi) is 6.73. The third kappa shape index (κ3) is 5.17. The second kappa shape index (κ2) is 7.82. The monoisotopic (exact) mass is 300 g/mol. The molecule has 1 rings (SSSR count). The Hall–Kier alpha value is -0.420. The van der Waals surface area contributed by atoms with Crippen LogP contribution in [0.25, 0.3) is 0 Å². The highest BCUT2D eigenvalue weighted by Crippen LogP contribution is 2.17. The number of hydrogen-bond acceptors (Lipinski definition) is 3. The maximum atomic E-state index is 8.90. The third-order valence-corrected chi connectivity index (χ3v) is 3.45. The summed E-state index contributed by atoms with van der Waals surface area (Å²) in [4.78, 5) is 2.21. The van der Waals surface area contributed by atoms with E-state index in [4.69, 9.17) is 10.8 Å². The topological polar surface area (TPSA) is 49.5 Å². The molecular weight excluding hydrogens is 280 g/mol. The number of likely N-dealkylation sites (N-methyl/N-ethyl adjacent to an activating group) is 1. The number of halogens is 1. The van der Waals surface area contributed by atoms with Crippen LogP contribution in [0.5, 0.6) is 0 Å². The van der Waals surface area contributed by atoms with Gasteiger partial charge in [-0.2, -0.15) is 0 Å². The molecule has 0 saturated carbocycles. The zero-order valence-corrected chi connectivity index (χ0v) is 11.9. The fraction of sp³-hybridized carbons (Fsp3) is 0.538. The molecule has 1 aromatic rings. The summed E-state index contributed by atoms with van der Waals surface area (Å²) in [5.74, 6) is 0. The Balaban J connectivity index is 2.43.